The first kappa shape index (κ1) is 18.9. The molecular formula is C21H23N5O3. The lowest BCUT2D eigenvalue weighted by Crippen LogP contribution is -2.22. The Bertz CT molecular complexity index is 1200. The summed E-state index contributed by atoms with van der Waals surface area (Å²) in [5.74, 6) is 2.04. The first-order valence-electron chi connectivity index (χ1n) is 9.54. The van der Waals surface area contributed by atoms with Crippen molar-refractivity contribution >= 4 is 22.4 Å². The van der Waals surface area contributed by atoms with Crippen LogP contribution >= 0.6 is 0 Å². The van der Waals surface area contributed by atoms with Gasteiger partial charge in [-0.15, -0.1) is 10.2 Å². The fourth-order valence-electron chi connectivity index (χ4n) is 3.33. The van der Waals surface area contributed by atoms with Gasteiger partial charge in [0.1, 0.15) is 12.4 Å². The monoisotopic (exact) mass is 393 g/mol. The van der Waals surface area contributed by atoms with Crippen molar-refractivity contribution in [3.8, 4) is 5.75 Å². The molecule has 4 aromatic rings. The van der Waals surface area contributed by atoms with E-state index in [1.807, 2.05) is 59.9 Å². The van der Waals surface area contributed by atoms with Crippen molar-refractivity contribution in [1.29, 1.82) is 0 Å². The summed E-state index contributed by atoms with van der Waals surface area (Å²) in [6.45, 7) is 3.94. The zero-order valence-electron chi connectivity index (χ0n) is 16.5. The molecule has 0 unspecified atom stereocenters. The van der Waals surface area contributed by atoms with Gasteiger partial charge in [0.25, 0.3) is 5.56 Å². The van der Waals surface area contributed by atoms with E-state index in [1.54, 1.807) is 11.7 Å². The van der Waals surface area contributed by atoms with Crippen LogP contribution in [0.25, 0.3) is 16.7 Å². The largest absolute Gasteiger partial charge is 0.491 e. The molecule has 8 nitrogen and oxygen atoms in total. The average molecular weight is 393 g/mol. The summed E-state index contributed by atoms with van der Waals surface area (Å²) in [6, 6.07) is 15.3. The molecule has 2 aromatic carbocycles. The van der Waals surface area contributed by atoms with Crippen molar-refractivity contribution in [2.75, 3.05) is 25.6 Å². The van der Waals surface area contributed by atoms with Crippen LogP contribution in [0, 0.1) is 0 Å². The molecule has 2 aromatic heterocycles. The minimum absolute atomic E-state index is 0.0524. The third-order valence-corrected chi connectivity index (χ3v) is 4.73. The molecule has 0 spiro atoms. The van der Waals surface area contributed by atoms with Crippen LogP contribution in [0.1, 0.15) is 12.7 Å². The molecule has 0 saturated carbocycles. The van der Waals surface area contributed by atoms with Gasteiger partial charge in [-0.25, -0.2) is 0 Å². The molecule has 0 aliphatic carbocycles. The number of nitrogens with one attached hydrogen (secondary N) is 1. The van der Waals surface area contributed by atoms with E-state index in [1.165, 1.54) is 0 Å². The van der Waals surface area contributed by atoms with Gasteiger partial charge in [0, 0.05) is 25.4 Å². The van der Waals surface area contributed by atoms with Crippen LogP contribution in [0.5, 0.6) is 5.75 Å². The van der Waals surface area contributed by atoms with Crippen molar-refractivity contribution in [2.24, 2.45) is 0 Å². The van der Waals surface area contributed by atoms with Gasteiger partial charge in [-0.05, 0) is 31.2 Å². The molecule has 0 amide bonds. The maximum Gasteiger partial charge on any atom is 0.262 e. The lowest BCUT2D eigenvalue weighted by atomic mass is 10.2. The molecule has 0 radical (unpaired) electrons. The fraction of sp³-hybridized carbons (Fsp3) is 0.286. The molecule has 0 saturated heterocycles. The number of hydrogen-bond acceptors (Lipinski definition) is 6. The summed E-state index contributed by atoms with van der Waals surface area (Å²) in [5.41, 5.74) is 1.66. The highest BCUT2D eigenvalue weighted by molar-refractivity contribution is 5.80. The second kappa shape index (κ2) is 8.32. The van der Waals surface area contributed by atoms with Gasteiger partial charge in [0.2, 0.25) is 5.78 Å². The molecular weight excluding hydrogens is 370 g/mol. The van der Waals surface area contributed by atoms with Gasteiger partial charge in [0.05, 0.1) is 24.1 Å². The molecule has 0 atom stereocenters. The van der Waals surface area contributed by atoms with Gasteiger partial charge in [0.15, 0.2) is 5.82 Å². The summed E-state index contributed by atoms with van der Waals surface area (Å²) in [7, 11) is 1.64. The Morgan fingerprint density at radius 2 is 1.93 bits per heavy atom. The predicted octanol–water partition coefficient (Wildman–Crippen LogP) is 2.70. The number of methoxy groups -OCH3 is 1. The van der Waals surface area contributed by atoms with Crippen molar-refractivity contribution in [2.45, 2.75) is 20.0 Å². The normalized spacial score (nSPS) is 11.2. The second-order valence-corrected chi connectivity index (χ2v) is 6.54. The van der Waals surface area contributed by atoms with E-state index in [-0.39, 0.29) is 5.56 Å². The zero-order chi connectivity index (χ0) is 20.2. The lowest BCUT2D eigenvalue weighted by Gasteiger charge is -2.11. The fourth-order valence-corrected chi connectivity index (χ4v) is 3.33. The van der Waals surface area contributed by atoms with E-state index >= 15 is 0 Å². The third kappa shape index (κ3) is 3.66. The second-order valence-electron chi connectivity index (χ2n) is 6.54. The number of aromatic nitrogens is 4. The number of nitrogens with zero attached hydrogens (tertiary/aromatic N) is 4. The van der Waals surface area contributed by atoms with Gasteiger partial charge in [-0.1, -0.05) is 18.2 Å². The maximum atomic E-state index is 12.8. The van der Waals surface area contributed by atoms with E-state index in [0.717, 1.165) is 22.8 Å². The van der Waals surface area contributed by atoms with E-state index < -0.39 is 0 Å². The van der Waals surface area contributed by atoms with E-state index in [4.69, 9.17) is 9.47 Å². The van der Waals surface area contributed by atoms with Crippen molar-refractivity contribution in [3.63, 3.8) is 0 Å². The van der Waals surface area contributed by atoms with E-state index in [2.05, 4.69) is 15.5 Å². The Labute approximate surface area is 167 Å². The number of fused-ring (bicyclic) bond motifs is 3. The minimum Gasteiger partial charge on any atom is -0.491 e. The number of anilines is 1. The minimum atomic E-state index is -0.0524. The molecule has 0 fully saturated rings. The highest BCUT2D eigenvalue weighted by atomic mass is 16.5. The molecule has 1 N–H and O–H groups in total. The summed E-state index contributed by atoms with van der Waals surface area (Å²) in [5, 5.41) is 12.6. The van der Waals surface area contributed by atoms with Gasteiger partial charge < -0.3 is 14.8 Å². The van der Waals surface area contributed by atoms with Crippen molar-refractivity contribution in [3.05, 3.63) is 64.7 Å². The van der Waals surface area contributed by atoms with Crippen LogP contribution in [0.3, 0.4) is 0 Å². The number of ether oxygens (including phenoxy) is 2. The van der Waals surface area contributed by atoms with E-state index in [9.17, 15) is 4.79 Å². The van der Waals surface area contributed by atoms with Crippen LogP contribution in [0.2, 0.25) is 0 Å². The van der Waals surface area contributed by atoms with Gasteiger partial charge in [-0.2, -0.15) is 0 Å². The van der Waals surface area contributed by atoms with Gasteiger partial charge >= 0.3 is 0 Å². The average Bonchev–Trinajstić information content (AvgIpc) is 3.17. The highest BCUT2D eigenvalue weighted by Crippen LogP contribution is 2.19. The SMILES string of the molecule is CCn1c(=O)c2ccccc2n2c(CNc3cccc(OCCOC)c3)nnc12. The standard InChI is InChI=1S/C21H23N5O3/c1-3-25-20(27)17-9-4-5-10-18(17)26-19(23-24-21(25)26)14-22-15-7-6-8-16(13-15)29-12-11-28-2/h4-10,13,22H,3,11-12,14H2,1-2H3. The Morgan fingerprint density at radius 1 is 1.07 bits per heavy atom. The number of rotatable bonds is 8. The quantitative estimate of drug-likeness (QED) is 0.464. The molecule has 0 aliphatic heterocycles. The molecule has 0 bridgehead atoms. The molecule has 150 valence electrons. The molecule has 8 heteroatoms. The van der Waals surface area contributed by atoms with Crippen molar-refractivity contribution in [1.82, 2.24) is 19.2 Å². The van der Waals surface area contributed by atoms with Crippen LogP contribution < -0.4 is 15.6 Å². The topological polar surface area (TPSA) is 82.7 Å². The maximum absolute atomic E-state index is 12.8. The van der Waals surface area contributed by atoms with Crippen LogP contribution in [-0.4, -0.2) is 39.5 Å². The molecule has 4 rings (SSSR count). The number of hydrogen-bond donors (Lipinski definition) is 1. The lowest BCUT2D eigenvalue weighted by molar-refractivity contribution is 0.146. The number of para-hydroxylation sites is 1. The van der Waals surface area contributed by atoms with E-state index in [0.29, 0.717) is 37.5 Å². The highest BCUT2D eigenvalue weighted by Gasteiger charge is 2.15. The Morgan fingerprint density at radius 3 is 2.76 bits per heavy atom. The van der Waals surface area contributed by atoms with Crippen molar-refractivity contribution < 1.29 is 9.47 Å². The van der Waals surface area contributed by atoms with Crippen LogP contribution in [-0.2, 0) is 17.8 Å². The Hall–Kier alpha value is -3.39. The predicted molar refractivity (Wildman–Crippen MR) is 112 cm³/mol. The Balaban J connectivity index is 1.65. The Kier molecular flexibility index (Phi) is 5.44. The summed E-state index contributed by atoms with van der Waals surface area (Å²) < 4.78 is 14.2. The smallest absolute Gasteiger partial charge is 0.262 e. The summed E-state index contributed by atoms with van der Waals surface area (Å²) >= 11 is 0. The summed E-state index contributed by atoms with van der Waals surface area (Å²) in [6.07, 6.45) is 0. The zero-order valence-corrected chi connectivity index (χ0v) is 16.5. The molecule has 29 heavy (non-hydrogen) atoms. The van der Waals surface area contributed by atoms with Gasteiger partial charge in [-0.3, -0.25) is 13.8 Å². The first-order chi connectivity index (χ1) is 14.2. The van der Waals surface area contributed by atoms with Crippen LogP contribution in [0.4, 0.5) is 5.69 Å². The number of benzene rings is 2. The summed E-state index contributed by atoms with van der Waals surface area (Å²) in [4.78, 5) is 12.8. The molecule has 0 aliphatic rings. The third-order valence-electron chi connectivity index (χ3n) is 4.73. The number of aryl methyl sites for hydroxylation is 1. The van der Waals surface area contributed by atoms with Crippen LogP contribution in [0.15, 0.2) is 53.3 Å². The molecule has 2 heterocycles. The first-order valence-corrected chi connectivity index (χ1v) is 9.54.